The van der Waals surface area contributed by atoms with Gasteiger partial charge in [-0.2, -0.15) is 4.98 Å². The second-order valence-corrected chi connectivity index (χ2v) is 6.12. The molecule has 2 N–H and O–H groups in total. The van der Waals surface area contributed by atoms with Gasteiger partial charge in [0.05, 0.1) is 0 Å². The van der Waals surface area contributed by atoms with Crippen LogP contribution in [0.1, 0.15) is 21.5 Å². The Hall–Kier alpha value is -2.86. The van der Waals surface area contributed by atoms with Gasteiger partial charge in [0.2, 0.25) is 5.88 Å². The van der Waals surface area contributed by atoms with E-state index in [9.17, 15) is 14.7 Å². The summed E-state index contributed by atoms with van der Waals surface area (Å²) in [6, 6.07) is 10.7. The summed E-state index contributed by atoms with van der Waals surface area (Å²) in [5.74, 6) is -1.22. The zero-order chi connectivity index (χ0) is 18.0. The van der Waals surface area contributed by atoms with Crippen molar-refractivity contribution in [1.82, 2.24) is 14.7 Å². The molecule has 0 aliphatic carbocycles. The van der Waals surface area contributed by atoms with Gasteiger partial charge < -0.3 is 10.4 Å². The molecule has 0 atom stereocenters. The van der Waals surface area contributed by atoms with E-state index in [2.05, 4.69) is 10.3 Å². The van der Waals surface area contributed by atoms with Crippen LogP contribution in [0.25, 0.3) is 5.65 Å². The van der Waals surface area contributed by atoms with Gasteiger partial charge in [-0.15, -0.1) is 0 Å². The molecular formula is C18H16ClN3O3. The van der Waals surface area contributed by atoms with Crippen LogP contribution in [0, 0.1) is 6.92 Å². The standard InChI is InChI=1S/C18H16ClN3O3/c1-11-7-9-22-14(10-11)21-17(24)15(18(22)25)16(23)20-8-6-12-2-4-13(19)5-3-12/h2-5,7,9-10,24H,6,8H2,1H3,(H,20,23). The van der Waals surface area contributed by atoms with Crippen LogP contribution in [-0.2, 0) is 6.42 Å². The number of hydrogen-bond donors (Lipinski definition) is 2. The van der Waals surface area contributed by atoms with Crippen molar-refractivity contribution in [3.63, 3.8) is 0 Å². The normalized spacial score (nSPS) is 10.8. The van der Waals surface area contributed by atoms with Crippen molar-refractivity contribution in [2.75, 3.05) is 6.54 Å². The molecule has 2 heterocycles. The molecule has 0 aliphatic heterocycles. The fourth-order valence-electron chi connectivity index (χ4n) is 2.49. The number of amides is 1. The Balaban J connectivity index is 1.78. The molecule has 0 spiro atoms. The molecule has 1 aromatic carbocycles. The maximum atomic E-state index is 12.5. The Kier molecular flexibility index (Phi) is 4.72. The molecule has 0 unspecified atom stereocenters. The smallest absolute Gasteiger partial charge is 0.274 e. The number of aromatic hydroxyl groups is 1. The maximum absolute atomic E-state index is 12.5. The highest BCUT2D eigenvalue weighted by Crippen LogP contribution is 2.13. The highest BCUT2D eigenvalue weighted by atomic mass is 35.5. The summed E-state index contributed by atoms with van der Waals surface area (Å²) in [7, 11) is 0. The van der Waals surface area contributed by atoms with Gasteiger partial charge in [0.1, 0.15) is 5.65 Å². The van der Waals surface area contributed by atoms with Crippen molar-refractivity contribution in [3.05, 3.63) is 74.7 Å². The van der Waals surface area contributed by atoms with E-state index in [1.165, 1.54) is 10.6 Å². The number of aromatic nitrogens is 2. The van der Waals surface area contributed by atoms with Crippen molar-refractivity contribution >= 4 is 23.2 Å². The van der Waals surface area contributed by atoms with Gasteiger partial charge in [0, 0.05) is 17.8 Å². The summed E-state index contributed by atoms with van der Waals surface area (Å²) < 4.78 is 1.24. The first-order chi connectivity index (χ1) is 12.0. The van der Waals surface area contributed by atoms with Crippen LogP contribution in [0.15, 0.2) is 47.4 Å². The van der Waals surface area contributed by atoms with Gasteiger partial charge in [-0.3, -0.25) is 14.0 Å². The SMILES string of the molecule is Cc1ccn2c(=O)c(C(=O)NCCc3ccc(Cl)cc3)c(O)nc2c1. The topological polar surface area (TPSA) is 83.7 Å². The number of fused-ring (bicyclic) bond motifs is 1. The minimum absolute atomic E-state index is 0.292. The number of hydrogen-bond acceptors (Lipinski definition) is 4. The summed E-state index contributed by atoms with van der Waals surface area (Å²) in [4.78, 5) is 28.7. The lowest BCUT2D eigenvalue weighted by molar-refractivity contribution is 0.0949. The van der Waals surface area contributed by atoms with Crippen molar-refractivity contribution in [1.29, 1.82) is 0 Å². The van der Waals surface area contributed by atoms with Crippen LogP contribution in [0.5, 0.6) is 5.88 Å². The summed E-state index contributed by atoms with van der Waals surface area (Å²) in [6.45, 7) is 2.16. The first kappa shape index (κ1) is 17.0. The molecule has 2 aromatic heterocycles. The molecular weight excluding hydrogens is 342 g/mol. The predicted octanol–water partition coefficient (Wildman–Crippen LogP) is 2.33. The maximum Gasteiger partial charge on any atom is 0.274 e. The number of nitrogens with one attached hydrogen (secondary N) is 1. The van der Waals surface area contributed by atoms with E-state index in [4.69, 9.17) is 11.6 Å². The average Bonchev–Trinajstić information content (AvgIpc) is 2.56. The fourth-order valence-corrected chi connectivity index (χ4v) is 2.61. The predicted molar refractivity (Wildman–Crippen MR) is 95.4 cm³/mol. The molecule has 0 bridgehead atoms. The first-order valence-corrected chi connectivity index (χ1v) is 8.08. The summed E-state index contributed by atoms with van der Waals surface area (Å²) in [6.07, 6.45) is 2.11. The highest BCUT2D eigenvalue weighted by molar-refractivity contribution is 6.30. The molecule has 0 radical (unpaired) electrons. The second kappa shape index (κ2) is 6.94. The fraction of sp³-hybridized carbons (Fsp3) is 0.167. The molecule has 0 aliphatic rings. The first-order valence-electron chi connectivity index (χ1n) is 7.70. The zero-order valence-electron chi connectivity index (χ0n) is 13.5. The number of benzene rings is 1. The average molecular weight is 358 g/mol. The van der Waals surface area contributed by atoms with E-state index in [0.29, 0.717) is 23.6 Å². The lowest BCUT2D eigenvalue weighted by Gasteiger charge is -2.08. The van der Waals surface area contributed by atoms with Crippen molar-refractivity contribution in [2.24, 2.45) is 0 Å². The molecule has 0 saturated carbocycles. The summed E-state index contributed by atoms with van der Waals surface area (Å²) >= 11 is 5.83. The molecule has 0 saturated heterocycles. The number of carbonyl (C=O) groups is 1. The van der Waals surface area contributed by atoms with E-state index >= 15 is 0 Å². The molecule has 7 heteroatoms. The van der Waals surface area contributed by atoms with Crippen LogP contribution in [0.2, 0.25) is 5.02 Å². The lowest BCUT2D eigenvalue weighted by Crippen LogP contribution is -2.33. The largest absolute Gasteiger partial charge is 0.493 e. The Morgan fingerprint density at radius 2 is 2.00 bits per heavy atom. The van der Waals surface area contributed by atoms with E-state index in [0.717, 1.165) is 11.1 Å². The second-order valence-electron chi connectivity index (χ2n) is 5.68. The monoisotopic (exact) mass is 357 g/mol. The van der Waals surface area contributed by atoms with Crippen LogP contribution in [-0.4, -0.2) is 26.9 Å². The third kappa shape index (κ3) is 3.64. The van der Waals surface area contributed by atoms with Crippen molar-refractivity contribution in [3.8, 4) is 5.88 Å². The Bertz CT molecular complexity index is 997. The molecule has 1 amide bonds. The molecule has 128 valence electrons. The molecule has 3 rings (SSSR count). The third-order valence-corrected chi connectivity index (χ3v) is 4.06. The minimum Gasteiger partial charge on any atom is -0.493 e. The van der Waals surface area contributed by atoms with Gasteiger partial charge >= 0.3 is 0 Å². The van der Waals surface area contributed by atoms with Gasteiger partial charge in [-0.1, -0.05) is 23.7 Å². The van der Waals surface area contributed by atoms with E-state index in [1.807, 2.05) is 19.1 Å². The summed E-state index contributed by atoms with van der Waals surface area (Å²) in [5.41, 5.74) is 1.22. The van der Waals surface area contributed by atoms with E-state index in [-0.39, 0.29) is 5.56 Å². The number of nitrogens with zero attached hydrogens (tertiary/aromatic N) is 2. The van der Waals surface area contributed by atoms with Gasteiger partial charge in [0.25, 0.3) is 11.5 Å². The van der Waals surface area contributed by atoms with E-state index in [1.54, 1.807) is 24.3 Å². The summed E-state index contributed by atoms with van der Waals surface area (Å²) in [5, 5.41) is 13.3. The quantitative estimate of drug-likeness (QED) is 0.750. The number of pyridine rings is 1. The Labute approximate surface area is 148 Å². The molecule has 0 fully saturated rings. The van der Waals surface area contributed by atoms with Crippen LogP contribution in [0.4, 0.5) is 0 Å². The molecule has 3 aromatic rings. The molecule has 25 heavy (non-hydrogen) atoms. The third-order valence-electron chi connectivity index (χ3n) is 3.81. The van der Waals surface area contributed by atoms with Crippen LogP contribution < -0.4 is 10.9 Å². The Morgan fingerprint density at radius 3 is 2.72 bits per heavy atom. The number of rotatable bonds is 4. The van der Waals surface area contributed by atoms with Gasteiger partial charge in [-0.25, -0.2) is 0 Å². The lowest BCUT2D eigenvalue weighted by atomic mass is 10.1. The number of aryl methyl sites for hydroxylation is 1. The van der Waals surface area contributed by atoms with Crippen molar-refractivity contribution < 1.29 is 9.90 Å². The zero-order valence-corrected chi connectivity index (χ0v) is 14.2. The number of halogens is 1. The number of carbonyl (C=O) groups excluding carboxylic acids is 1. The van der Waals surface area contributed by atoms with Crippen LogP contribution >= 0.6 is 11.6 Å². The van der Waals surface area contributed by atoms with Crippen LogP contribution in [0.3, 0.4) is 0 Å². The van der Waals surface area contributed by atoms with E-state index < -0.39 is 17.3 Å². The van der Waals surface area contributed by atoms with Gasteiger partial charge in [0.15, 0.2) is 5.56 Å². The van der Waals surface area contributed by atoms with Gasteiger partial charge in [-0.05, 0) is 48.7 Å². The van der Waals surface area contributed by atoms with Crippen molar-refractivity contribution in [2.45, 2.75) is 13.3 Å². The minimum atomic E-state index is -0.654. The highest BCUT2D eigenvalue weighted by Gasteiger charge is 2.19. The molecule has 6 nitrogen and oxygen atoms in total. The Morgan fingerprint density at radius 1 is 1.28 bits per heavy atom.